The average molecular weight is 629 g/mol. The minimum Gasteiger partial charge on any atom is -0.489 e. The smallest absolute Gasteiger partial charge is 0.161 e. The van der Waals surface area contributed by atoms with Crippen LogP contribution in [-0.2, 0) is 0 Å². The van der Waals surface area contributed by atoms with Crippen LogP contribution in [-0.4, -0.2) is 13.2 Å². The Morgan fingerprint density at radius 2 is 0.708 bits per heavy atom. The van der Waals surface area contributed by atoms with Crippen molar-refractivity contribution in [3.05, 3.63) is 133 Å². The van der Waals surface area contributed by atoms with Crippen LogP contribution < -0.4 is 9.47 Å². The van der Waals surface area contributed by atoms with Gasteiger partial charge in [0.15, 0.2) is 11.5 Å². The summed E-state index contributed by atoms with van der Waals surface area (Å²) in [5.74, 6) is 2.51. The molecule has 8 aromatic carbocycles. The third-order valence-electron chi connectivity index (χ3n) is 9.87. The molecular weight excluding hydrogens is 585 g/mol. The van der Waals surface area contributed by atoms with Crippen LogP contribution in [0.25, 0.3) is 64.6 Å². The standard InChI is InChI=1S/C46H44O2/c1-5-31(3)29-47-43-27-35-25-23-33-15-7-9-17-37(33)45-39-19-11-13-21-41(39)46(42-22-14-12-20-40(42)45)38-18-10-8-16-34(38)24-26-36(35)28-44(43)48-30-32(4)6-2/h7-28,31-32H,5-6,29-30H2,1-4H3. The van der Waals surface area contributed by atoms with Gasteiger partial charge in [-0.25, -0.2) is 0 Å². The normalized spacial score (nSPS) is 12.8. The van der Waals surface area contributed by atoms with E-state index >= 15 is 0 Å². The molecular formula is C46H44O2. The van der Waals surface area contributed by atoms with E-state index < -0.39 is 0 Å². The van der Waals surface area contributed by atoms with E-state index in [4.69, 9.17) is 9.47 Å². The molecule has 0 aromatic heterocycles. The molecule has 2 nitrogen and oxygen atoms in total. The highest BCUT2D eigenvalue weighted by molar-refractivity contribution is 6.34. The number of hydrogen-bond donors (Lipinski definition) is 0. The fraction of sp³-hybridized carbons (Fsp3) is 0.217. The Labute approximate surface area is 283 Å². The molecule has 0 fully saturated rings. The minimum atomic E-state index is 0.454. The second kappa shape index (κ2) is 14.0. The maximum atomic E-state index is 6.48. The molecule has 0 spiro atoms. The van der Waals surface area contributed by atoms with Crippen molar-refractivity contribution in [2.45, 2.75) is 40.5 Å². The number of hydrogen-bond acceptors (Lipinski definition) is 2. The van der Waals surface area contributed by atoms with Crippen molar-refractivity contribution in [3.63, 3.8) is 0 Å². The van der Waals surface area contributed by atoms with E-state index in [0.717, 1.165) is 35.1 Å². The highest BCUT2D eigenvalue weighted by atomic mass is 16.5. The average Bonchev–Trinajstić information content (AvgIpc) is 3.13. The Hall–Kier alpha value is -5.08. The van der Waals surface area contributed by atoms with Crippen LogP contribution in [0.5, 0.6) is 11.5 Å². The summed E-state index contributed by atoms with van der Waals surface area (Å²) in [5, 5.41) is 14.5. The topological polar surface area (TPSA) is 18.5 Å². The van der Waals surface area contributed by atoms with Crippen molar-refractivity contribution >= 4 is 64.6 Å². The summed E-state index contributed by atoms with van der Waals surface area (Å²) in [7, 11) is 0. The molecule has 0 amide bonds. The van der Waals surface area contributed by atoms with Crippen molar-refractivity contribution in [3.8, 4) is 11.5 Å². The second-order valence-corrected chi connectivity index (χ2v) is 13.3. The van der Waals surface area contributed by atoms with Crippen LogP contribution in [0.1, 0.15) is 40.5 Å². The van der Waals surface area contributed by atoms with Gasteiger partial charge >= 0.3 is 0 Å². The molecule has 0 heterocycles. The van der Waals surface area contributed by atoms with Gasteiger partial charge in [-0.3, -0.25) is 0 Å². The molecule has 8 aromatic rings. The lowest BCUT2D eigenvalue weighted by atomic mass is 9.91. The van der Waals surface area contributed by atoms with E-state index in [1.807, 2.05) is 0 Å². The number of ether oxygens (including phenoxy) is 2. The Bertz CT molecular complexity index is 2140. The van der Waals surface area contributed by atoms with Gasteiger partial charge in [0.2, 0.25) is 0 Å². The Balaban J connectivity index is 1.66. The first-order valence-corrected chi connectivity index (χ1v) is 17.5. The van der Waals surface area contributed by atoms with Gasteiger partial charge in [-0.2, -0.15) is 0 Å². The molecule has 0 saturated carbocycles. The number of rotatable bonds is 8. The summed E-state index contributed by atoms with van der Waals surface area (Å²) in [5.41, 5.74) is 0. The quantitative estimate of drug-likeness (QED) is 0.156. The summed E-state index contributed by atoms with van der Waals surface area (Å²) < 4.78 is 13.0. The van der Waals surface area contributed by atoms with E-state index in [2.05, 4.69) is 161 Å². The highest BCUT2D eigenvalue weighted by Crippen LogP contribution is 2.40. The van der Waals surface area contributed by atoms with E-state index in [0.29, 0.717) is 25.0 Å². The monoisotopic (exact) mass is 628 g/mol. The summed E-state index contributed by atoms with van der Waals surface area (Å²) in [6.45, 7) is 10.2. The van der Waals surface area contributed by atoms with Gasteiger partial charge in [0, 0.05) is 0 Å². The second-order valence-electron chi connectivity index (χ2n) is 13.3. The molecule has 0 saturated heterocycles. The summed E-state index contributed by atoms with van der Waals surface area (Å²) in [4.78, 5) is 0. The predicted octanol–water partition coefficient (Wildman–Crippen LogP) is 13.1. The fourth-order valence-electron chi connectivity index (χ4n) is 6.61. The van der Waals surface area contributed by atoms with Crippen LogP contribution in [0.4, 0.5) is 0 Å². The van der Waals surface area contributed by atoms with Gasteiger partial charge in [-0.1, -0.05) is 162 Å². The van der Waals surface area contributed by atoms with Crippen molar-refractivity contribution in [2.24, 2.45) is 11.8 Å². The van der Waals surface area contributed by atoms with Gasteiger partial charge in [-0.05, 0) is 88.6 Å². The first-order valence-electron chi connectivity index (χ1n) is 17.5. The molecule has 8 rings (SSSR count). The van der Waals surface area contributed by atoms with E-state index in [9.17, 15) is 0 Å². The van der Waals surface area contributed by atoms with Crippen molar-refractivity contribution in [1.82, 2.24) is 0 Å². The third kappa shape index (κ3) is 6.16. The molecule has 2 bridgehead atoms. The number of fused-ring (bicyclic) bond motifs is 2. The highest BCUT2D eigenvalue weighted by Gasteiger charge is 2.13. The maximum absolute atomic E-state index is 6.48. The first-order chi connectivity index (χ1) is 23.6. The Kier molecular flexibility index (Phi) is 9.16. The zero-order chi connectivity index (χ0) is 33.0. The predicted molar refractivity (Wildman–Crippen MR) is 208 cm³/mol. The van der Waals surface area contributed by atoms with Crippen LogP contribution >= 0.6 is 0 Å². The zero-order valence-electron chi connectivity index (χ0n) is 28.5. The first kappa shape index (κ1) is 31.5. The molecule has 2 atom stereocenters. The molecule has 0 N–H and O–H groups in total. The summed E-state index contributed by atoms with van der Waals surface area (Å²) >= 11 is 0. The van der Waals surface area contributed by atoms with Gasteiger partial charge in [0.05, 0.1) is 13.2 Å². The molecule has 0 radical (unpaired) electrons. The van der Waals surface area contributed by atoms with Gasteiger partial charge in [0.1, 0.15) is 0 Å². The number of benzene rings is 6. The minimum absolute atomic E-state index is 0.454. The lowest BCUT2D eigenvalue weighted by Gasteiger charge is -2.17. The van der Waals surface area contributed by atoms with E-state index in [-0.39, 0.29) is 0 Å². The van der Waals surface area contributed by atoms with Gasteiger partial charge in [-0.15, -0.1) is 0 Å². The van der Waals surface area contributed by atoms with Crippen LogP contribution in [0.15, 0.2) is 133 Å². The Morgan fingerprint density at radius 1 is 0.396 bits per heavy atom. The van der Waals surface area contributed by atoms with E-state index in [1.165, 1.54) is 53.9 Å². The fourth-order valence-corrected chi connectivity index (χ4v) is 6.61. The van der Waals surface area contributed by atoms with Crippen molar-refractivity contribution in [2.75, 3.05) is 13.2 Å². The lowest BCUT2D eigenvalue weighted by Crippen LogP contribution is -2.11. The van der Waals surface area contributed by atoms with Crippen LogP contribution in [0.3, 0.4) is 0 Å². The van der Waals surface area contributed by atoms with Gasteiger partial charge < -0.3 is 9.47 Å². The largest absolute Gasteiger partial charge is 0.489 e. The lowest BCUT2D eigenvalue weighted by molar-refractivity contribution is 0.218. The molecule has 2 heteroatoms. The van der Waals surface area contributed by atoms with Gasteiger partial charge in [0.25, 0.3) is 0 Å². The van der Waals surface area contributed by atoms with Crippen molar-refractivity contribution in [1.29, 1.82) is 0 Å². The molecule has 0 aliphatic heterocycles. The molecule has 0 aliphatic carbocycles. The third-order valence-corrected chi connectivity index (χ3v) is 9.87. The molecule has 0 aliphatic rings. The molecule has 2 unspecified atom stereocenters. The van der Waals surface area contributed by atoms with E-state index in [1.54, 1.807) is 0 Å². The molecule has 48 heavy (non-hydrogen) atoms. The van der Waals surface area contributed by atoms with Crippen molar-refractivity contribution < 1.29 is 9.47 Å². The Morgan fingerprint density at radius 3 is 1.06 bits per heavy atom. The molecule has 240 valence electrons. The van der Waals surface area contributed by atoms with Crippen LogP contribution in [0.2, 0.25) is 0 Å². The van der Waals surface area contributed by atoms with Crippen LogP contribution in [0, 0.1) is 11.8 Å². The SMILES string of the molecule is CCC(C)COc1cc2ccc3ccccc3c3c4ccccc4c(c4ccccc4ccc2cc1OCC(C)CC)c1ccccc13. The summed E-state index contributed by atoms with van der Waals surface area (Å²) in [6, 6.07) is 48.7. The summed E-state index contributed by atoms with van der Waals surface area (Å²) in [6.07, 6.45) is 2.13. The zero-order valence-corrected chi connectivity index (χ0v) is 28.5. The maximum Gasteiger partial charge on any atom is 0.161 e.